The summed E-state index contributed by atoms with van der Waals surface area (Å²) in [5.74, 6) is 1.59. The molecule has 0 bridgehead atoms. The summed E-state index contributed by atoms with van der Waals surface area (Å²) in [5, 5.41) is 4.16. The lowest BCUT2D eigenvalue weighted by Crippen LogP contribution is -2.12. The summed E-state index contributed by atoms with van der Waals surface area (Å²) < 4.78 is 0. The number of nitrogens with zero attached hydrogens (tertiary/aromatic N) is 3. The van der Waals surface area contributed by atoms with Crippen molar-refractivity contribution >= 4 is 39.0 Å². The SMILES string of the molecule is CCc1cc2c(N(C)c3ccccc3)nc(NC)nc2s1. The highest BCUT2D eigenvalue weighted by Crippen LogP contribution is 2.34. The predicted octanol–water partition coefficient (Wildman–Crippen LogP) is 4.06. The smallest absolute Gasteiger partial charge is 0.225 e. The van der Waals surface area contributed by atoms with Crippen LogP contribution >= 0.6 is 11.3 Å². The molecule has 0 amide bonds. The second-order valence-corrected chi connectivity index (χ2v) is 5.92. The first-order valence-corrected chi connectivity index (χ1v) is 7.81. The minimum Gasteiger partial charge on any atom is -0.357 e. The first-order valence-electron chi connectivity index (χ1n) is 7.00. The zero-order chi connectivity index (χ0) is 14.8. The average Bonchev–Trinajstić information content (AvgIpc) is 2.97. The minimum absolute atomic E-state index is 0.657. The first-order chi connectivity index (χ1) is 10.2. The maximum absolute atomic E-state index is 4.65. The van der Waals surface area contributed by atoms with E-state index in [-0.39, 0.29) is 0 Å². The molecule has 3 rings (SSSR count). The van der Waals surface area contributed by atoms with Crippen LogP contribution in [0.2, 0.25) is 0 Å². The number of aryl methyl sites for hydroxylation is 1. The van der Waals surface area contributed by atoms with Crippen LogP contribution in [-0.2, 0) is 6.42 Å². The number of nitrogens with one attached hydrogen (secondary N) is 1. The zero-order valence-corrected chi connectivity index (χ0v) is 13.2. The first kappa shape index (κ1) is 13.8. The fourth-order valence-electron chi connectivity index (χ4n) is 2.27. The molecule has 0 aliphatic heterocycles. The van der Waals surface area contributed by atoms with E-state index in [0.29, 0.717) is 5.95 Å². The van der Waals surface area contributed by atoms with E-state index in [1.165, 1.54) is 4.88 Å². The Labute approximate surface area is 128 Å². The molecule has 0 saturated carbocycles. The Morgan fingerprint density at radius 3 is 2.62 bits per heavy atom. The molecule has 2 heterocycles. The maximum atomic E-state index is 4.65. The van der Waals surface area contributed by atoms with Gasteiger partial charge in [-0.25, -0.2) is 4.98 Å². The molecule has 0 fully saturated rings. The van der Waals surface area contributed by atoms with Gasteiger partial charge in [0, 0.05) is 24.7 Å². The van der Waals surface area contributed by atoms with E-state index in [1.807, 2.05) is 32.3 Å². The van der Waals surface area contributed by atoms with Crippen molar-refractivity contribution < 1.29 is 0 Å². The number of rotatable bonds is 4. The lowest BCUT2D eigenvalue weighted by molar-refractivity contribution is 1.11. The molecule has 4 nitrogen and oxygen atoms in total. The Bertz CT molecular complexity index is 752. The lowest BCUT2D eigenvalue weighted by atomic mass is 10.2. The van der Waals surface area contributed by atoms with Crippen molar-refractivity contribution in [2.75, 3.05) is 24.3 Å². The summed E-state index contributed by atoms with van der Waals surface area (Å²) in [6.45, 7) is 2.16. The van der Waals surface area contributed by atoms with Crippen LogP contribution in [0.25, 0.3) is 10.2 Å². The second kappa shape index (κ2) is 5.69. The Morgan fingerprint density at radius 1 is 1.19 bits per heavy atom. The molecule has 0 spiro atoms. The normalized spacial score (nSPS) is 10.8. The van der Waals surface area contributed by atoms with Gasteiger partial charge in [-0.05, 0) is 24.6 Å². The van der Waals surface area contributed by atoms with Gasteiger partial charge in [-0.3, -0.25) is 0 Å². The molecule has 0 unspecified atom stereocenters. The van der Waals surface area contributed by atoms with Crippen LogP contribution in [0.5, 0.6) is 0 Å². The number of hydrogen-bond donors (Lipinski definition) is 1. The van der Waals surface area contributed by atoms with Gasteiger partial charge in [0.1, 0.15) is 10.6 Å². The minimum atomic E-state index is 0.657. The van der Waals surface area contributed by atoms with Gasteiger partial charge < -0.3 is 10.2 Å². The number of benzene rings is 1. The summed E-state index contributed by atoms with van der Waals surface area (Å²) in [6, 6.07) is 12.5. The molecular formula is C16H18N4S. The van der Waals surface area contributed by atoms with Crippen molar-refractivity contribution in [3.63, 3.8) is 0 Å². The molecule has 5 heteroatoms. The van der Waals surface area contributed by atoms with Crippen molar-refractivity contribution in [2.45, 2.75) is 13.3 Å². The third-order valence-electron chi connectivity index (χ3n) is 3.46. The van der Waals surface area contributed by atoms with Crippen LogP contribution < -0.4 is 10.2 Å². The molecule has 1 N–H and O–H groups in total. The quantitative estimate of drug-likeness (QED) is 0.788. The maximum Gasteiger partial charge on any atom is 0.225 e. The second-order valence-electron chi connectivity index (χ2n) is 4.80. The number of thiophene rings is 1. The predicted molar refractivity (Wildman–Crippen MR) is 90.8 cm³/mol. The molecular weight excluding hydrogens is 280 g/mol. The van der Waals surface area contributed by atoms with Crippen molar-refractivity contribution in [3.05, 3.63) is 41.3 Å². The number of para-hydroxylation sites is 1. The van der Waals surface area contributed by atoms with Crippen LogP contribution in [0.15, 0.2) is 36.4 Å². The van der Waals surface area contributed by atoms with Crippen LogP contribution in [0.4, 0.5) is 17.5 Å². The molecule has 1 aromatic carbocycles. The van der Waals surface area contributed by atoms with E-state index in [4.69, 9.17) is 0 Å². The van der Waals surface area contributed by atoms with Gasteiger partial charge >= 0.3 is 0 Å². The van der Waals surface area contributed by atoms with E-state index < -0.39 is 0 Å². The number of hydrogen-bond acceptors (Lipinski definition) is 5. The lowest BCUT2D eigenvalue weighted by Gasteiger charge is -2.19. The van der Waals surface area contributed by atoms with Gasteiger partial charge in [0.2, 0.25) is 5.95 Å². The fraction of sp³-hybridized carbons (Fsp3) is 0.250. The molecule has 0 aliphatic rings. The summed E-state index contributed by atoms with van der Waals surface area (Å²) >= 11 is 1.74. The number of fused-ring (bicyclic) bond motifs is 1. The molecule has 21 heavy (non-hydrogen) atoms. The average molecular weight is 298 g/mol. The van der Waals surface area contributed by atoms with Gasteiger partial charge in [0.15, 0.2) is 0 Å². The standard InChI is InChI=1S/C16H18N4S/c1-4-12-10-13-14(18-16(17-2)19-15(13)21-12)20(3)11-8-6-5-7-9-11/h5-10H,4H2,1-3H3,(H,17,18,19). The highest BCUT2D eigenvalue weighted by atomic mass is 32.1. The Kier molecular flexibility index (Phi) is 3.75. The summed E-state index contributed by atoms with van der Waals surface area (Å²) in [6.07, 6.45) is 1.02. The zero-order valence-electron chi connectivity index (χ0n) is 12.4. The van der Waals surface area contributed by atoms with E-state index in [0.717, 1.165) is 28.1 Å². The van der Waals surface area contributed by atoms with Gasteiger partial charge in [-0.2, -0.15) is 4.98 Å². The van der Waals surface area contributed by atoms with E-state index >= 15 is 0 Å². The van der Waals surface area contributed by atoms with Crippen molar-refractivity contribution in [3.8, 4) is 0 Å². The monoisotopic (exact) mass is 298 g/mol. The highest BCUT2D eigenvalue weighted by Gasteiger charge is 2.15. The Balaban J connectivity index is 2.17. The summed E-state index contributed by atoms with van der Waals surface area (Å²) in [7, 11) is 3.89. The van der Waals surface area contributed by atoms with Crippen molar-refractivity contribution in [2.24, 2.45) is 0 Å². The van der Waals surface area contributed by atoms with Gasteiger partial charge in [0.05, 0.1) is 5.39 Å². The van der Waals surface area contributed by atoms with E-state index in [1.54, 1.807) is 11.3 Å². The van der Waals surface area contributed by atoms with Crippen LogP contribution in [0.3, 0.4) is 0 Å². The Morgan fingerprint density at radius 2 is 1.95 bits per heavy atom. The third kappa shape index (κ3) is 2.56. The molecule has 0 radical (unpaired) electrons. The molecule has 0 aliphatic carbocycles. The number of anilines is 3. The third-order valence-corrected chi connectivity index (χ3v) is 4.63. The highest BCUT2D eigenvalue weighted by molar-refractivity contribution is 7.18. The molecule has 3 aromatic rings. The van der Waals surface area contributed by atoms with E-state index in [9.17, 15) is 0 Å². The van der Waals surface area contributed by atoms with Gasteiger partial charge in [-0.1, -0.05) is 25.1 Å². The van der Waals surface area contributed by atoms with Gasteiger partial charge in [0.25, 0.3) is 0 Å². The van der Waals surface area contributed by atoms with Crippen molar-refractivity contribution in [1.82, 2.24) is 9.97 Å². The summed E-state index contributed by atoms with van der Waals surface area (Å²) in [4.78, 5) is 13.7. The van der Waals surface area contributed by atoms with Crippen LogP contribution in [-0.4, -0.2) is 24.1 Å². The van der Waals surface area contributed by atoms with Crippen LogP contribution in [0, 0.1) is 0 Å². The van der Waals surface area contributed by atoms with E-state index in [2.05, 4.69) is 45.3 Å². The number of aromatic nitrogens is 2. The van der Waals surface area contributed by atoms with Crippen molar-refractivity contribution in [1.29, 1.82) is 0 Å². The largest absolute Gasteiger partial charge is 0.357 e. The molecule has 0 saturated heterocycles. The van der Waals surface area contributed by atoms with Gasteiger partial charge in [-0.15, -0.1) is 11.3 Å². The van der Waals surface area contributed by atoms with Crippen LogP contribution in [0.1, 0.15) is 11.8 Å². The Hall–Kier alpha value is -2.14. The molecule has 108 valence electrons. The topological polar surface area (TPSA) is 41.1 Å². The molecule has 0 atom stereocenters. The fourth-order valence-corrected chi connectivity index (χ4v) is 3.23. The summed E-state index contributed by atoms with van der Waals surface area (Å²) in [5.41, 5.74) is 1.11. The molecule has 2 aromatic heterocycles.